The fourth-order valence-electron chi connectivity index (χ4n) is 6.94. The normalized spacial score (nSPS) is 11.8. The number of benzene rings is 10. The van der Waals surface area contributed by atoms with Gasteiger partial charge < -0.3 is 0 Å². The zero-order valence-corrected chi connectivity index (χ0v) is 23.0. The van der Waals surface area contributed by atoms with Crippen molar-refractivity contribution < 1.29 is 0 Å². The number of fused-ring (bicyclic) bond motifs is 7. The molecule has 10 rings (SSSR count). The van der Waals surface area contributed by atoms with Gasteiger partial charge in [-0.1, -0.05) is 121 Å². The van der Waals surface area contributed by atoms with E-state index in [2.05, 4.69) is 158 Å². The van der Waals surface area contributed by atoms with E-state index in [1.165, 1.54) is 86.2 Å². The Morgan fingerprint density at radius 1 is 0.190 bits per heavy atom. The summed E-state index contributed by atoms with van der Waals surface area (Å²) in [5.41, 5.74) is 0. The summed E-state index contributed by atoms with van der Waals surface area (Å²) < 4.78 is 0. The maximum absolute atomic E-state index is 2.31. The van der Waals surface area contributed by atoms with Crippen molar-refractivity contribution in [3.63, 3.8) is 0 Å². The van der Waals surface area contributed by atoms with Gasteiger partial charge in [-0.05, 0) is 123 Å². The molecule has 0 saturated heterocycles. The molecule has 0 fully saturated rings. The second-order valence-corrected chi connectivity index (χ2v) is 11.4. The van der Waals surface area contributed by atoms with Crippen LogP contribution in [0.5, 0.6) is 0 Å². The van der Waals surface area contributed by atoms with Crippen LogP contribution in [0, 0.1) is 0 Å². The van der Waals surface area contributed by atoms with Gasteiger partial charge in [0.05, 0.1) is 0 Å². The van der Waals surface area contributed by atoms with E-state index in [9.17, 15) is 0 Å². The van der Waals surface area contributed by atoms with E-state index < -0.39 is 0 Å². The summed E-state index contributed by atoms with van der Waals surface area (Å²) >= 11 is 0. The molecule has 0 aromatic heterocycles. The molecule has 0 N–H and O–H groups in total. The lowest BCUT2D eigenvalue weighted by atomic mass is 9.89. The summed E-state index contributed by atoms with van der Waals surface area (Å²) in [4.78, 5) is 0. The summed E-state index contributed by atoms with van der Waals surface area (Å²) in [6.07, 6.45) is 0. The highest BCUT2D eigenvalue weighted by Crippen LogP contribution is 2.40. The minimum atomic E-state index is 1.30. The van der Waals surface area contributed by atoms with Crippen LogP contribution in [0.1, 0.15) is 0 Å². The molecule has 0 amide bonds. The molecule has 0 atom stereocenters. The first-order valence-corrected chi connectivity index (χ1v) is 14.6. The largest absolute Gasteiger partial charge is 0.0616 e. The molecular formula is C42H26. The van der Waals surface area contributed by atoms with Gasteiger partial charge in [0, 0.05) is 0 Å². The van der Waals surface area contributed by atoms with Crippen molar-refractivity contribution in [1.82, 2.24) is 0 Å². The summed E-state index contributed by atoms with van der Waals surface area (Å²) in [6.45, 7) is 0. The maximum Gasteiger partial charge on any atom is -0.00203 e. The van der Waals surface area contributed by atoms with Crippen LogP contribution < -0.4 is 0 Å². The van der Waals surface area contributed by atoms with Gasteiger partial charge in [-0.25, -0.2) is 0 Å². The molecule has 0 aliphatic carbocycles. The molecular weight excluding hydrogens is 504 g/mol. The number of hydrogen-bond acceptors (Lipinski definition) is 0. The third-order valence-corrected chi connectivity index (χ3v) is 8.92. The monoisotopic (exact) mass is 530 g/mol. The van der Waals surface area contributed by atoms with Gasteiger partial charge in [-0.3, -0.25) is 0 Å². The molecule has 10 aromatic rings. The molecule has 0 radical (unpaired) electrons. The first-order chi connectivity index (χ1) is 20.8. The van der Waals surface area contributed by atoms with Crippen LogP contribution >= 0.6 is 0 Å². The van der Waals surface area contributed by atoms with Gasteiger partial charge in [0.15, 0.2) is 0 Å². The Kier molecular flexibility index (Phi) is 5.00. The smallest absolute Gasteiger partial charge is 0.00203 e. The zero-order valence-electron chi connectivity index (χ0n) is 23.0. The molecule has 0 spiro atoms. The van der Waals surface area contributed by atoms with E-state index in [1.807, 2.05) is 0 Å². The first-order valence-electron chi connectivity index (χ1n) is 14.6. The van der Waals surface area contributed by atoms with Crippen molar-refractivity contribution in [2.45, 2.75) is 0 Å². The second-order valence-electron chi connectivity index (χ2n) is 11.4. The molecule has 0 heterocycles. The van der Waals surface area contributed by atoms with Crippen LogP contribution in [0.3, 0.4) is 0 Å². The summed E-state index contributed by atoms with van der Waals surface area (Å²) in [5, 5.41) is 21.3. The Hall–Kier alpha value is -5.46. The summed E-state index contributed by atoms with van der Waals surface area (Å²) in [5.74, 6) is 0. The lowest BCUT2D eigenvalue weighted by Gasteiger charge is -2.14. The Morgan fingerprint density at radius 3 is 0.857 bits per heavy atom. The van der Waals surface area contributed by atoms with Gasteiger partial charge in [0.2, 0.25) is 0 Å². The van der Waals surface area contributed by atoms with Crippen LogP contribution in [0.4, 0.5) is 0 Å². The Bertz CT molecular complexity index is 2350. The Labute approximate surface area is 243 Å². The molecule has 10 aromatic carbocycles. The van der Waals surface area contributed by atoms with E-state index in [1.54, 1.807) is 0 Å². The highest BCUT2D eigenvalue weighted by atomic mass is 14.1. The van der Waals surface area contributed by atoms with Crippen molar-refractivity contribution in [3.05, 3.63) is 158 Å². The van der Waals surface area contributed by atoms with Crippen molar-refractivity contribution in [2.24, 2.45) is 0 Å². The number of hydrogen-bond donors (Lipinski definition) is 0. The predicted octanol–water partition coefficient (Wildman–Crippen LogP) is 12.0. The van der Waals surface area contributed by atoms with E-state index in [0.29, 0.717) is 0 Å². The van der Waals surface area contributed by atoms with E-state index in [-0.39, 0.29) is 0 Å². The van der Waals surface area contributed by atoms with Gasteiger partial charge in [-0.15, -0.1) is 0 Å². The minimum Gasteiger partial charge on any atom is -0.0616 e. The van der Waals surface area contributed by atoms with Crippen LogP contribution in [-0.2, 0) is 0 Å². The third-order valence-electron chi connectivity index (χ3n) is 8.92. The maximum atomic E-state index is 2.31. The summed E-state index contributed by atoms with van der Waals surface area (Å²) in [7, 11) is 0. The average Bonchev–Trinajstić information content (AvgIpc) is 3.05. The predicted molar refractivity (Wildman–Crippen MR) is 184 cm³/mol. The van der Waals surface area contributed by atoms with Crippen LogP contribution in [0.2, 0.25) is 0 Å². The molecule has 42 heavy (non-hydrogen) atoms. The van der Waals surface area contributed by atoms with Gasteiger partial charge in [0.25, 0.3) is 0 Å². The molecule has 0 unspecified atom stereocenters. The van der Waals surface area contributed by atoms with Crippen molar-refractivity contribution in [3.8, 4) is 0 Å². The highest BCUT2D eigenvalue weighted by molar-refractivity contribution is 6.33. The quantitative estimate of drug-likeness (QED) is 0.135. The first kappa shape index (κ1) is 23.3. The van der Waals surface area contributed by atoms with Crippen LogP contribution in [0.25, 0.3) is 86.2 Å². The fourth-order valence-corrected chi connectivity index (χ4v) is 6.94. The van der Waals surface area contributed by atoms with E-state index in [0.717, 1.165) is 0 Å². The summed E-state index contributed by atoms with van der Waals surface area (Å²) in [6, 6.07) is 57.3. The Balaban J connectivity index is 0.000000120. The molecule has 0 bridgehead atoms. The Morgan fingerprint density at radius 2 is 0.476 bits per heavy atom. The lowest BCUT2D eigenvalue weighted by Crippen LogP contribution is -1.86. The standard InChI is InChI=1S/C22H14.C20H12/c1-2-6-16-10-20-14-22-12-18-8-4-3-7-17(18)11-21(22)13-19(20)9-15(16)5-1;1-2-8-16-15(7-1)17-9-3-5-13-11-12-14-6-4-10-18(16)20(14)19(13)17/h1-14H;1-12H. The zero-order chi connectivity index (χ0) is 27.6. The highest BCUT2D eigenvalue weighted by Gasteiger charge is 2.12. The topological polar surface area (TPSA) is 0 Å². The average molecular weight is 531 g/mol. The van der Waals surface area contributed by atoms with Gasteiger partial charge in [-0.2, -0.15) is 0 Å². The van der Waals surface area contributed by atoms with E-state index in [4.69, 9.17) is 0 Å². The van der Waals surface area contributed by atoms with Crippen LogP contribution in [-0.4, -0.2) is 0 Å². The second kappa shape index (κ2) is 9.03. The van der Waals surface area contributed by atoms with Gasteiger partial charge >= 0.3 is 0 Å². The number of rotatable bonds is 0. The molecule has 0 aliphatic heterocycles. The van der Waals surface area contributed by atoms with Crippen molar-refractivity contribution >= 4 is 86.2 Å². The lowest BCUT2D eigenvalue weighted by molar-refractivity contribution is 1.78. The molecule has 0 nitrogen and oxygen atoms in total. The van der Waals surface area contributed by atoms with E-state index >= 15 is 0 Å². The van der Waals surface area contributed by atoms with Crippen molar-refractivity contribution in [1.29, 1.82) is 0 Å². The minimum absolute atomic E-state index is 1.30. The van der Waals surface area contributed by atoms with Gasteiger partial charge in [0.1, 0.15) is 0 Å². The van der Waals surface area contributed by atoms with Crippen molar-refractivity contribution in [2.75, 3.05) is 0 Å². The molecule has 0 heteroatoms. The van der Waals surface area contributed by atoms with Crippen LogP contribution in [0.15, 0.2) is 158 Å². The SMILES string of the molecule is c1ccc2c(c1)c1cccc3ccc4cccc2c4c31.c1ccc2cc3cc4cc5ccccc5cc4cc3cc2c1. The molecule has 0 saturated carbocycles. The fraction of sp³-hybridized carbons (Fsp3) is 0. The third kappa shape index (κ3) is 3.56. The molecule has 194 valence electrons. The molecule has 0 aliphatic rings.